The summed E-state index contributed by atoms with van der Waals surface area (Å²) in [5.41, 5.74) is 0.409. The van der Waals surface area contributed by atoms with Gasteiger partial charge in [0.05, 0.1) is 22.8 Å². The number of ether oxygens (including phenoxy) is 1. The maximum Gasteiger partial charge on any atom is 0.303 e. The Kier molecular flexibility index (Phi) is 5.72. The number of carbonyl (C=O) groups is 1. The van der Waals surface area contributed by atoms with Crippen LogP contribution in [0.3, 0.4) is 0 Å². The summed E-state index contributed by atoms with van der Waals surface area (Å²) in [4.78, 5) is 10.4. The van der Waals surface area contributed by atoms with E-state index in [2.05, 4.69) is 0 Å². The second kappa shape index (κ2) is 6.83. The van der Waals surface area contributed by atoms with Gasteiger partial charge in [-0.05, 0) is 19.4 Å². The molecule has 0 bridgehead atoms. The van der Waals surface area contributed by atoms with Gasteiger partial charge in [-0.1, -0.05) is 23.2 Å². The molecular weight excluding hydrogens is 279 g/mol. The lowest BCUT2D eigenvalue weighted by molar-refractivity contribution is -0.137. The second-order valence-electron chi connectivity index (χ2n) is 3.69. The Morgan fingerprint density at radius 3 is 2.61 bits per heavy atom. The molecule has 1 unspecified atom stereocenters. The molecular formula is C12H14Cl2O4. The van der Waals surface area contributed by atoms with Crippen LogP contribution >= 0.6 is 23.2 Å². The molecule has 0 aliphatic heterocycles. The molecule has 0 spiro atoms. The summed E-state index contributed by atoms with van der Waals surface area (Å²) >= 11 is 12.0. The molecule has 0 saturated carbocycles. The molecule has 1 atom stereocenters. The Balaban J connectivity index is 2.89. The van der Waals surface area contributed by atoms with Crippen LogP contribution in [0.4, 0.5) is 0 Å². The van der Waals surface area contributed by atoms with Gasteiger partial charge in [-0.25, -0.2) is 0 Å². The highest BCUT2D eigenvalue weighted by atomic mass is 35.5. The fourth-order valence-electron chi connectivity index (χ4n) is 1.48. The molecule has 0 saturated heterocycles. The first kappa shape index (κ1) is 15.1. The molecule has 0 aromatic heterocycles. The molecule has 2 N–H and O–H groups in total. The van der Waals surface area contributed by atoms with Crippen LogP contribution in [0.15, 0.2) is 12.1 Å². The average molecular weight is 293 g/mol. The van der Waals surface area contributed by atoms with Gasteiger partial charge >= 0.3 is 5.97 Å². The molecule has 1 rings (SSSR count). The number of benzene rings is 1. The predicted molar refractivity (Wildman–Crippen MR) is 69.5 cm³/mol. The van der Waals surface area contributed by atoms with Gasteiger partial charge in [0.25, 0.3) is 0 Å². The van der Waals surface area contributed by atoms with Crippen molar-refractivity contribution in [2.24, 2.45) is 0 Å². The third kappa shape index (κ3) is 4.05. The van der Waals surface area contributed by atoms with E-state index in [1.54, 1.807) is 0 Å². The minimum Gasteiger partial charge on any atom is -0.492 e. The van der Waals surface area contributed by atoms with Crippen molar-refractivity contribution in [2.75, 3.05) is 6.61 Å². The third-order valence-corrected chi connectivity index (χ3v) is 2.96. The van der Waals surface area contributed by atoms with Gasteiger partial charge in [0.2, 0.25) is 0 Å². The molecule has 1 aromatic carbocycles. The van der Waals surface area contributed by atoms with Crippen molar-refractivity contribution in [1.29, 1.82) is 0 Å². The van der Waals surface area contributed by atoms with Gasteiger partial charge in [0, 0.05) is 18.1 Å². The molecule has 4 nitrogen and oxygen atoms in total. The number of hydrogen-bond donors (Lipinski definition) is 2. The molecule has 18 heavy (non-hydrogen) atoms. The lowest BCUT2D eigenvalue weighted by Gasteiger charge is -2.14. The standard InChI is InChI=1S/C12H14Cl2O4/c1-2-18-11-6-8(13)7(5-9(11)14)10(15)3-4-12(16)17/h5-6,10,15H,2-4H2,1H3,(H,16,17). The van der Waals surface area contributed by atoms with Gasteiger partial charge in [0.1, 0.15) is 5.75 Å². The average Bonchev–Trinajstić information content (AvgIpc) is 2.30. The van der Waals surface area contributed by atoms with Gasteiger partial charge in [-0.15, -0.1) is 0 Å². The smallest absolute Gasteiger partial charge is 0.303 e. The fourth-order valence-corrected chi connectivity index (χ4v) is 1.99. The largest absolute Gasteiger partial charge is 0.492 e. The van der Waals surface area contributed by atoms with E-state index in [0.717, 1.165) is 0 Å². The van der Waals surface area contributed by atoms with Gasteiger partial charge in [-0.2, -0.15) is 0 Å². The predicted octanol–water partition coefficient (Wildman–Crippen LogP) is 3.29. The van der Waals surface area contributed by atoms with Crippen molar-refractivity contribution in [1.82, 2.24) is 0 Å². The zero-order chi connectivity index (χ0) is 13.7. The van der Waals surface area contributed by atoms with E-state index in [1.165, 1.54) is 12.1 Å². The third-order valence-electron chi connectivity index (χ3n) is 2.34. The Bertz CT molecular complexity index is 434. The summed E-state index contributed by atoms with van der Waals surface area (Å²) < 4.78 is 5.26. The highest BCUT2D eigenvalue weighted by Gasteiger charge is 2.16. The van der Waals surface area contributed by atoms with Crippen LogP contribution in [0.1, 0.15) is 31.4 Å². The van der Waals surface area contributed by atoms with E-state index in [9.17, 15) is 9.90 Å². The number of hydrogen-bond acceptors (Lipinski definition) is 3. The summed E-state index contributed by atoms with van der Waals surface area (Å²) in [7, 11) is 0. The highest BCUT2D eigenvalue weighted by molar-refractivity contribution is 6.34. The zero-order valence-electron chi connectivity index (χ0n) is 9.82. The number of carboxylic acids is 1. The number of aliphatic hydroxyl groups excluding tert-OH is 1. The first-order chi connectivity index (χ1) is 8.45. The maximum absolute atomic E-state index is 10.4. The van der Waals surface area contributed by atoms with Crippen LogP contribution in [0.2, 0.25) is 10.0 Å². The number of halogens is 2. The Labute approximate surface area is 115 Å². The lowest BCUT2D eigenvalue weighted by Crippen LogP contribution is -2.04. The maximum atomic E-state index is 10.4. The Morgan fingerprint density at radius 2 is 2.06 bits per heavy atom. The van der Waals surface area contributed by atoms with Crippen molar-refractivity contribution < 1.29 is 19.7 Å². The number of rotatable bonds is 6. The molecule has 0 fully saturated rings. The Hall–Kier alpha value is -0.970. The van der Waals surface area contributed by atoms with Gasteiger partial charge in [0.15, 0.2) is 0 Å². The molecule has 100 valence electrons. The van der Waals surface area contributed by atoms with Crippen molar-refractivity contribution in [3.05, 3.63) is 27.7 Å². The summed E-state index contributed by atoms with van der Waals surface area (Å²) in [6.45, 7) is 2.27. The first-order valence-corrected chi connectivity index (χ1v) is 6.22. The number of carboxylic acid groups (broad SMARTS) is 1. The van der Waals surface area contributed by atoms with Crippen molar-refractivity contribution in [3.63, 3.8) is 0 Å². The topological polar surface area (TPSA) is 66.8 Å². The monoisotopic (exact) mass is 292 g/mol. The molecule has 0 amide bonds. The number of aliphatic carboxylic acids is 1. The van der Waals surface area contributed by atoms with Crippen LogP contribution < -0.4 is 4.74 Å². The van der Waals surface area contributed by atoms with Crippen LogP contribution in [-0.4, -0.2) is 22.8 Å². The van der Waals surface area contributed by atoms with Crippen LogP contribution in [0.5, 0.6) is 5.75 Å². The van der Waals surface area contributed by atoms with Gasteiger partial charge in [-0.3, -0.25) is 4.79 Å². The summed E-state index contributed by atoms with van der Waals surface area (Å²) in [6, 6.07) is 3.02. The second-order valence-corrected chi connectivity index (χ2v) is 4.50. The summed E-state index contributed by atoms with van der Waals surface area (Å²) in [5, 5.41) is 19.1. The normalized spacial score (nSPS) is 12.2. The first-order valence-electron chi connectivity index (χ1n) is 5.47. The molecule has 0 aliphatic carbocycles. The van der Waals surface area contributed by atoms with Crippen molar-refractivity contribution in [3.8, 4) is 5.75 Å². The van der Waals surface area contributed by atoms with Crippen LogP contribution in [0, 0.1) is 0 Å². The SMILES string of the molecule is CCOc1cc(Cl)c(C(O)CCC(=O)O)cc1Cl. The summed E-state index contributed by atoms with van der Waals surface area (Å²) in [5.74, 6) is -0.527. The molecule has 0 heterocycles. The van der Waals surface area contributed by atoms with Gasteiger partial charge < -0.3 is 14.9 Å². The Morgan fingerprint density at radius 1 is 1.39 bits per heavy atom. The zero-order valence-corrected chi connectivity index (χ0v) is 11.3. The fraction of sp³-hybridized carbons (Fsp3) is 0.417. The van der Waals surface area contributed by atoms with E-state index in [4.69, 9.17) is 33.0 Å². The molecule has 0 radical (unpaired) electrons. The lowest BCUT2D eigenvalue weighted by atomic mass is 10.0. The highest BCUT2D eigenvalue weighted by Crippen LogP contribution is 2.35. The van der Waals surface area contributed by atoms with E-state index in [-0.39, 0.29) is 12.8 Å². The van der Waals surface area contributed by atoms with E-state index < -0.39 is 12.1 Å². The van der Waals surface area contributed by atoms with E-state index in [0.29, 0.717) is 28.0 Å². The minimum absolute atomic E-state index is 0.0827. The van der Waals surface area contributed by atoms with Crippen molar-refractivity contribution >= 4 is 29.2 Å². The summed E-state index contributed by atoms with van der Waals surface area (Å²) in [6.07, 6.45) is -1.01. The number of aliphatic hydroxyl groups is 1. The molecule has 1 aromatic rings. The van der Waals surface area contributed by atoms with E-state index >= 15 is 0 Å². The van der Waals surface area contributed by atoms with Crippen molar-refractivity contribution in [2.45, 2.75) is 25.9 Å². The molecule has 6 heteroatoms. The quantitative estimate of drug-likeness (QED) is 0.844. The molecule has 0 aliphatic rings. The van der Waals surface area contributed by atoms with Crippen LogP contribution in [-0.2, 0) is 4.79 Å². The van der Waals surface area contributed by atoms with Crippen LogP contribution in [0.25, 0.3) is 0 Å². The van der Waals surface area contributed by atoms with E-state index in [1.807, 2.05) is 6.92 Å². The minimum atomic E-state index is -0.970.